The van der Waals surface area contributed by atoms with Gasteiger partial charge in [0.1, 0.15) is 12.1 Å². The number of amides is 1. The number of hydrogen-bond acceptors (Lipinski definition) is 6. The zero-order chi connectivity index (χ0) is 22.2. The minimum absolute atomic E-state index is 0.303. The first kappa shape index (κ1) is 20.0. The molecule has 0 radical (unpaired) electrons. The van der Waals surface area contributed by atoms with E-state index in [9.17, 15) is 13.6 Å². The van der Waals surface area contributed by atoms with Crippen molar-refractivity contribution in [1.29, 1.82) is 0 Å². The van der Waals surface area contributed by atoms with E-state index < -0.39 is 11.6 Å². The smallest absolute Gasteiger partial charge is 0.272 e. The van der Waals surface area contributed by atoms with Gasteiger partial charge < -0.3 is 10.6 Å². The number of anilines is 1. The van der Waals surface area contributed by atoms with E-state index in [1.807, 2.05) is 13.0 Å². The summed E-state index contributed by atoms with van der Waals surface area (Å²) in [7, 11) is 0. The lowest BCUT2D eigenvalue weighted by molar-refractivity contribution is 0.0949. The normalized spacial score (nSPS) is 12.8. The monoisotopic (exact) mass is 438 g/mol. The molecule has 3 heterocycles. The molecule has 3 aromatic heterocycles. The molecular formula is C21H20F2N8O. The minimum Gasteiger partial charge on any atom is -0.368 e. The Labute approximate surface area is 181 Å². The average molecular weight is 438 g/mol. The van der Waals surface area contributed by atoms with Crippen LogP contribution in [0.2, 0.25) is 0 Å². The van der Waals surface area contributed by atoms with E-state index >= 15 is 0 Å². The molecular weight excluding hydrogens is 418 g/mol. The lowest BCUT2D eigenvalue weighted by Crippen LogP contribution is -2.30. The quantitative estimate of drug-likeness (QED) is 0.448. The van der Waals surface area contributed by atoms with Crippen LogP contribution >= 0.6 is 0 Å². The van der Waals surface area contributed by atoms with Gasteiger partial charge in [-0.15, -0.1) is 0 Å². The van der Waals surface area contributed by atoms with Gasteiger partial charge >= 0.3 is 0 Å². The van der Waals surface area contributed by atoms with Crippen LogP contribution in [0, 0.1) is 18.6 Å². The maximum absolute atomic E-state index is 13.7. The first-order valence-corrected chi connectivity index (χ1v) is 10.3. The lowest BCUT2D eigenvalue weighted by atomic mass is 10.2. The molecule has 0 unspecified atom stereocenters. The molecule has 0 atom stereocenters. The van der Waals surface area contributed by atoms with Crippen LogP contribution in [-0.4, -0.2) is 48.4 Å². The van der Waals surface area contributed by atoms with Crippen molar-refractivity contribution in [1.82, 2.24) is 34.7 Å². The summed E-state index contributed by atoms with van der Waals surface area (Å²) in [6, 6.07) is 5.46. The summed E-state index contributed by atoms with van der Waals surface area (Å²) in [5, 5.41) is 14.6. The van der Waals surface area contributed by atoms with Crippen molar-refractivity contribution in [3.63, 3.8) is 0 Å². The highest BCUT2D eigenvalue weighted by molar-refractivity contribution is 5.94. The van der Waals surface area contributed by atoms with Crippen molar-refractivity contribution in [2.24, 2.45) is 0 Å². The third-order valence-electron chi connectivity index (χ3n) is 5.39. The van der Waals surface area contributed by atoms with E-state index in [1.54, 1.807) is 9.20 Å². The highest BCUT2D eigenvalue weighted by atomic mass is 19.2. The molecule has 1 aromatic carbocycles. The fourth-order valence-corrected chi connectivity index (χ4v) is 3.96. The van der Waals surface area contributed by atoms with Crippen LogP contribution in [0.4, 0.5) is 14.6 Å². The summed E-state index contributed by atoms with van der Waals surface area (Å²) in [6.45, 7) is 2.67. The average Bonchev–Trinajstić information content (AvgIpc) is 3.49. The van der Waals surface area contributed by atoms with Crippen molar-refractivity contribution in [3.8, 4) is 5.69 Å². The number of nitrogens with one attached hydrogen (secondary N) is 2. The summed E-state index contributed by atoms with van der Waals surface area (Å²) in [5.41, 5.74) is 3.23. The molecule has 0 fully saturated rings. The summed E-state index contributed by atoms with van der Waals surface area (Å²) in [6.07, 6.45) is 3.76. The molecule has 164 valence electrons. The second-order valence-corrected chi connectivity index (χ2v) is 7.57. The molecule has 1 aliphatic carbocycles. The van der Waals surface area contributed by atoms with Crippen molar-refractivity contribution in [3.05, 3.63) is 64.9 Å². The van der Waals surface area contributed by atoms with Crippen LogP contribution < -0.4 is 10.6 Å². The van der Waals surface area contributed by atoms with Crippen LogP contribution in [0.25, 0.3) is 11.5 Å². The van der Waals surface area contributed by atoms with Crippen molar-refractivity contribution in [2.75, 3.05) is 18.4 Å². The zero-order valence-electron chi connectivity index (χ0n) is 17.3. The Kier molecular flexibility index (Phi) is 5.00. The van der Waals surface area contributed by atoms with E-state index in [2.05, 4.69) is 30.8 Å². The number of carbonyl (C=O) groups is 1. The van der Waals surface area contributed by atoms with Gasteiger partial charge in [0.05, 0.1) is 5.69 Å². The lowest BCUT2D eigenvalue weighted by Gasteiger charge is -2.09. The van der Waals surface area contributed by atoms with Gasteiger partial charge in [0.2, 0.25) is 0 Å². The van der Waals surface area contributed by atoms with E-state index in [0.717, 1.165) is 54.2 Å². The first-order chi connectivity index (χ1) is 15.5. The number of aryl methyl sites for hydroxylation is 1. The summed E-state index contributed by atoms with van der Waals surface area (Å²) < 4.78 is 30.2. The fraction of sp³-hybridized carbons (Fsp3) is 0.286. The molecule has 1 aliphatic rings. The topological polar surface area (TPSA) is 102 Å². The van der Waals surface area contributed by atoms with Gasteiger partial charge in [0, 0.05) is 42.2 Å². The SMILES string of the molecule is Cc1cc(NCCNC(=O)c2nn(-c3ccc(F)c(F)c3)c3c2CCC3)n2ncnc2n1. The minimum atomic E-state index is -0.949. The summed E-state index contributed by atoms with van der Waals surface area (Å²) in [4.78, 5) is 21.2. The number of fused-ring (bicyclic) bond motifs is 2. The largest absolute Gasteiger partial charge is 0.368 e. The second-order valence-electron chi connectivity index (χ2n) is 7.57. The van der Waals surface area contributed by atoms with Gasteiger partial charge in [0.15, 0.2) is 17.3 Å². The van der Waals surface area contributed by atoms with Gasteiger partial charge in [-0.1, -0.05) is 0 Å². The van der Waals surface area contributed by atoms with Crippen LogP contribution in [0.15, 0.2) is 30.6 Å². The Balaban J connectivity index is 1.29. The number of rotatable bonds is 6. The van der Waals surface area contributed by atoms with Gasteiger partial charge in [-0.3, -0.25) is 4.79 Å². The van der Waals surface area contributed by atoms with Crippen molar-refractivity contribution < 1.29 is 13.6 Å². The van der Waals surface area contributed by atoms with Crippen molar-refractivity contribution in [2.45, 2.75) is 26.2 Å². The third-order valence-corrected chi connectivity index (χ3v) is 5.39. The predicted molar refractivity (Wildman–Crippen MR) is 112 cm³/mol. The molecule has 0 saturated carbocycles. The molecule has 2 N–H and O–H groups in total. The molecule has 1 amide bonds. The van der Waals surface area contributed by atoms with Gasteiger partial charge in [-0.2, -0.15) is 19.7 Å². The van der Waals surface area contributed by atoms with Crippen molar-refractivity contribution >= 4 is 17.5 Å². The van der Waals surface area contributed by atoms with Crippen LogP contribution in [-0.2, 0) is 12.8 Å². The molecule has 0 saturated heterocycles. The maximum Gasteiger partial charge on any atom is 0.272 e. The van der Waals surface area contributed by atoms with Gasteiger partial charge in [-0.05, 0) is 38.3 Å². The Bertz CT molecular complexity index is 1330. The number of hydrogen-bond donors (Lipinski definition) is 2. The molecule has 32 heavy (non-hydrogen) atoms. The second kappa shape index (κ2) is 7.98. The van der Waals surface area contributed by atoms with Gasteiger partial charge in [0.25, 0.3) is 11.7 Å². The molecule has 0 bridgehead atoms. The molecule has 9 nitrogen and oxygen atoms in total. The summed E-state index contributed by atoms with van der Waals surface area (Å²) >= 11 is 0. The van der Waals surface area contributed by atoms with Crippen LogP contribution in [0.5, 0.6) is 0 Å². The Morgan fingerprint density at radius 1 is 1.16 bits per heavy atom. The van der Waals surface area contributed by atoms with E-state index in [-0.39, 0.29) is 5.91 Å². The Morgan fingerprint density at radius 3 is 2.88 bits per heavy atom. The molecule has 5 rings (SSSR count). The number of halogens is 2. The highest BCUT2D eigenvalue weighted by Crippen LogP contribution is 2.28. The van der Waals surface area contributed by atoms with E-state index in [1.165, 1.54) is 12.4 Å². The van der Waals surface area contributed by atoms with Crippen LogP contribution in [0.3, 0.4) is 0 Å². The Morgan fingerprint density at radius 2 is 2.03 bits per heavy atom. The van der Waals surface area contributed by atoms with E-state index in [4.69, 9.17) is 0 Å². The zero-order valence-corrected chi connectivity index (χ0v) is 17.3. The predicted octanol–water partition coefficient (Wildman–Crippen LogP) is 2.23. The number of aromatic nitrogens is 6. The van der Waals surface area contributed by atoms with Crippen LogP contribution in [0.1, 0.15) is 33.9 Å². The molecule has 4 aromatic rings. The standard InChI is InChI=1S/C21H20F2N8O/c1-12-9-18(31-21(28-12)26-11-27-31)24-7-8-25-20(32)19-14-3-2-4-17(14)30(29-19)13-5-6-15(22)16(23)10-13/h5-6,9-11,24H,2-4,7-8H2,1H3,(H,25,32). The molecule has 0 spiro atoms. The maximum atomic E-state index is 13.7. The Hall–Kier alpha value is -3.89. The molecule has 0 aliphatic heterocycles. The summed E-state index contributed by atoms with van der Waals surface area (Å²) in [5.74, 6) is -0.953. The van der Waals surface area contributed by atoms with Gasteiger partial charge in [-0.25, -0.2) is 18.4 Å². The third kappa shape index (κ3) is 3.55. The number of carbonyl (C=O) groups excluding carboxylic acids is 1. The first-order valence-electron chi connectivity index (χ1n) is 10.3. The highest BCUT2D eigenvalue weighted by Gasteiger charge is 2.27. The molecule has 11 heteroatoms. The number of benzene rings is 1. The van der Waals surface area contributed by atoms with E-state index in [0.29, 0.717) is 30.2 Å². The fourth-order valence-electron chi connectivity index (χ4n) is 3.96. The number of nitrogens with zero attached hydrogens (tertiary/aromatic N) is 6.